The summed E-state index contributed by atoms with van der Waals surface area (Å²) in [6.45, 7) is 1.87. The van der Waals surface area contributed by atoms with Gasteiger partial charge in [-0.3, -0.25) is 0 Å². The molecule has 0 aromatic heterocycles. The Morgan fingerprint density at radius 1 is 1.25 bits per heavy atom. The fraction of sp³-hybridized carbons (Fsp3) is 0.667. The molecule has 2 heteroatoms. The predicted octanol–water partition coefficient (Wildman–Crippen LogP) is -0.0859. The van der Waals surface area contributed by atoms with Crippen molar-refractivity contribution >= 4 is 0 Å². The molecule has 0 bridgehead atoms. The van der Waals surface area contributed by atoms with Gasteiger partial charge >= 0.3 is 0 Å². The van der Waals surface area contributed by atoms with Crippen LogP contribution in [0.2, 0.25) is 0 Å². The molecule has 0 aliphatic heterocycles. The van der Waals surface area contributed by atoms with E-state index in [4.69, 9.17) is 10.2 Å². The Labute approximate surface area is 48.5 Å². The summed E-state index contributed by atoms with van der Waals surface area (Å²) in [6.07, 6.45) is 2.23. The maximum atomic E-state index is 8.95. The fourth-order valence-electron chi connectivity index (χ4n) is 0.828. The van der Waals surface area contributed by atoms with E-state index < -0.39 is 12.2 Å². The average molecular weight is 114 g/mol. The van der Waals surface area contributed by atoms with E-state index in [1.54, 1.807) is 6.08 Å². The van der Waals surface area contributed by atoms with Crippen LogP contribution in [0, 0.1) is 5.92 Å². The normalized spacial score (nSPS) is 45.6. The zero-order valence-electron chi connectivity index (χ0n) is 4.78. The minimum atomic E-state index is -0.634. The van der Waals surface area contributed by atoms with Crippen LogP contribution in [0.15, 0.2) is 12.2 Å². The first kappa shape index (κ1) is 5.79. The van der Waals surface area contributed by atoms with Crippen molar-refractivity contribution in [3.05, 3.63) is 12.2 Å². The van der Waals surface area contributed by atoms with Gasteiger partial charge in [-0.1, -0.05) is 19.1 Å². The zero-order valence-corrected chi connectivity index (χ0v) is 4.78. The molecule has 0 fully saturated rings. The van der Waals surface area contributed by atoms with Gasteiger partial charge in [-0.05, 0) is 0 Å². The molecule has 3 atom stereocenters. The summed E-state index contributed by atoms with van der Waals surface area (Å²) in [4.78, 5) is 0. The summed E-state index contributed by atoms with van der Waals surface area (Å²) >= 11 is 0. The highest BCUT2D eigenvalue weighted by molar-refractivity contribution is 5.06. The minimum absolute atomic E-state index is 0.116. The van der Waals surface area contributed by atoms with E-state index in [0.717, 1.165) is 0 Å². The Kier molecular flexibility index (Phi) is 1.36. The first-order valence-corrected chi connectivity index (χ1v) is 2.76. The summed E-state index contributed by atoms with van der Waals surface area (Å²) in [7, 11) is 0. The van der Waals surface area contributed by atoms with Crippen LogP contribution in [0.1, 0.15) is 6.92 Å². The molecule has 2 nitrogen and oxygen atoms in total. The van der Waals surface area contributed by atoms with Gasteiger partial charge in [-0.25, -0.2) is 0 Å². The topological polar surface area (TPSA) is 40.5 Å². The van der Waals surface area contributed by atoms with Crippen molar-refractivity contribution in [2.24, 2.45) is 5.92 Å². The van der Waals surface area contributed by atoms with Crippen molar-refractivity contribution in [1.82, 2.24) is 0 Å². The second-order valence-corrected chi connectivity index (χ2v) is 2.23. The maximum Gasteiger partial charge on any atom is 0.0985 e. The molecule has 3 unspecified atom stereocenters. The Balaban J connectivity index is 2.55. The molecule has 0 amide bonds. The highest BCUT2D eigenvalue weighted by atomic mass is 16.3. The van der Waals surface area contributed by atoms with E-state index in [-0.39, 0.29) is 5.92 Å². The first-order chi connectivity index (χ1) is 3.72. The third-order valence-corrected chi connectivity index (χ3v) is 1.50. The summed E-state index contributed by atoms with van der Waals surface area (Å²) in [6, 6.07) is 0. The van der Waals surface area contributed by atoms with Gasteiger partial charge in [0.05, 0.1) is 12.2 Å². The average Bonchev–Trinajstić information content (AvgIpc) is 1.98. The SMILES string of the molecule is CC1C=CC(O)C1O. The molecule has 46 valence electrons. The van der Waals surface area contributed by atoms with Gasteiger partial charge < -0.3 is 10.2 Å². The van der Waals surface area contributed by atoms with E-state index in [1.807, 2.05) is 13.0 Å². The maximum absolute atomic E-state index is 8.95. The lowest BCUT2D eigenvalue weighted by Crippen LogP contribution is -2.23. The summed E-state index contributed by atoms with van der Waals surface area (Å²) in [5, 5.41) is 17.8. The van der Waals surface area contributed by atoms with Crippen LogP contribution in [0.4, 0.5) is 0 Å². The number of rotatable bonds is 0. The lowest BCUT2D eigenvalue weighted by atomic mass is 10.1. The van der Waals surface area contributed by atoms with E-state index >= 15 is 0 Å². The first-order valence-electron chi connectivity index (χ1n) is 2.76. The Morgan fingerprint density at radius 3 is 2.00 bits per heavy atom. The number of hydrogen-bond acceptors (Lipinski definition) is 2. The van der Waals surface area contributed by atoms with Gasteiger partial charge in [0.15, 0.2) is 0 Å². The molecule has 0 saturated carbocycles. The molecule has 2 N–H and O–H groups in total. The van der Waals surface area contributed by atoms with Crippen LogP contribution >= 0.6 is 0 Å². The van der Waals surface area contributed by atoms with Gasteiger partial charge in [0, 0.05) is 5.92 Å². The Hall–Kier alpha value is -0.340. The molecule has 1 aliphatic carbocycles. The van der Waals surface area contributed by atoms with Crippen molar-refractivity contribution in [3.8, 4) is 0 Å². The molecule has 1 aliphatic rings. The summed E-state index contributed by atoms with van der Waals surface area (Å²) in [5.41, 5.74) is 0. The number of hydrogen-bond donors (Lipinski definition) is 2. The molecule has 0 heterocycles. The third-order valence-electron chi connectivity index (χ3n) is 1.50. The van der Waals surface area contributed by atoms with Crippen LogP contribution in [-0.4, -0.2) is 22.4 Å². The second-order valence-electron chi connectivity index (χ2n) is 2.23. The molecule has 0 radical (unpaired) electrons. The second kappa shape index (κ2) is 1.88. The third kappa shape index (κ3) is 0.767. The van der Waals surface area contributed by atoms with Crippen LogP contribution in [0.5, 0.6) is 0 Å². The molecule has 0 aromatic rings. The van der Waals surface area contributed by atoms with Crippen molar-refractivity contribution < 1.29 is 10.2 Å². The van der Waals surface area contributed by atoms with Gasteiger partial charge in [0.1, 0.15) is 0 Å². The van der Waals surface area contributed by atoms with Gasteiger partial charge in [0.2, 0.25) is 0 Å². The predicted molar refractivity (Wildman–Crippen MR) is 30.3 cm³/mol. The van der Waals surface area contributed by atoms with Crippen LogP contribution in [0.3, 0.4) is 0 Å². The van der Waals surface area contributed by atoms with Crippen LogP contribution < -0.4 is 0 Å². The smallest absolute Gasteiger partial charge is 0.0985 e. The highest BCUT2D eigenvalue weighted by Gasteiger charge is 2.23. The van der Waals surface area contributed by atoms with Gasteiger partial charge in [-0.2, -0.15) is 0 Å². The molecule has 0 saturated heterocycles. The molecular formula is C6H10O2. The number of aliphatic hydroxyl groups is 2. The van der Waals surface area contributed by atoms with Crippen molar-refractivity contribution in [2.75, 3.05) is 0 Å². The molecule has 8 heavy (non-hydrogen) atoms. The van der Waals surface area contributed by atoms with Crippen molar-refractivity contribution in [2.45, 2.75) is 19.1 Å². The largest absolute Gasteiger partial charge is 0.389 e. The summed E-state index contributed by atoms with van der Waals surface area (Å²) < 4.78 is 0. The molecule has 1 rings (SSSR count). The van der Waals surface area contributed by atoms with Crippen LogP contribution in [-0.2, 0) is 0 Å². The lowest BCUT2D eigenvalue weighted by Gasteiger charge is -2.10. The van der Waals surface area contributed by atoms with Crippen molar-refractivity contribution in [1.29, 1.82) is 0 Å². The van der Waals surface area contributed by atoms with E-state index in [9.17, 15) is 0 Å². The Bertz CT molecular complexity index is 97.1. The molecule has 0 spiro atoms. The zero-order chi connectivity index (χ0) is 6.15. The summed E-state index contributed by atoms with van der Waals surface area (Å²) in [5.74, 6) is 0.116. The molecular weight excluding hydrogens is 104 g/mol. The quantitative estimate of drug-likeness (QED) is 0.432. The standard InChI is InChI=1S/C6H10O2/c1-4-2-3-5(7)6(4)8/h2-8H,1H3. The van der Waals surface area contributed by atoms with Gasteiger partial charge in [-0.15, -0.1) is 0 Å². The van der Waals surface area contributed by atoms with Gasteiger partial charge in [0.25, 0.3) is 0 Å². The number of aliphatic hydroxyl groups excluding tert-OH is 2. The highest BCUT2D eigenvalue weighted by Crippen LogP contribution is 2.16. The minimum Gasteiger partial charge on any atom is -0.389 e. The Morgan fingerprint density at radius 2 is 1.88 bits per heavy atom. The lowest BCUT2D eigenvalue weighted by molar-refractivity contribution is 0.0381. The monoisotopic (exact) mass is 114 g/mol. The van der Waals surface area contributed by atoms with E-state index in [1.165, 1.54) is 0 Å². The van der Waals surface area contributed by atoms with E-state index in [0.29, 0.717) is 0 Å². The van der Waals surface area contributed by atoms with Crippen molar-refractivity contribution in [3.63, 3.8) is 0 Å². The van der Waals surface area contributed by atoms with Crippen LogP contribution in [0.25, 0.3) is 0 Å². The van der Waals surface area contributed by atoms with E-state index in [2.05, 4.69) is 0 Å². The molecule has 0 aromatic carbocycles. The fourth-order valence-corrected chi connectivity index (χ4v) is 0.828.